The number of amides is 2. The SMILES string of the molecule is O=C(Nc1cccc(F)c1)c1cc(N2C(=O)CCS2(=O)=O)ccc1Cl. The monoisotopic (exact) mass is 382 g/mol. The molecule has 6 nitrogen and oxygen atoms in total. The second-order valence-electron chi connectivity index (χ2n) is 5.35. The van der Waals surface area contributed by atoms with E-state index in [9.17, 15) is 22.4 Å². The average molecular weight is 383 g/mol. The van der Waals surface area contributed by atoms with Crippen LogP contribution in [-0.2, 0) is 14.8 Å². The van der Waals surface area contributed by atoms with Crippen molar-refractivity contribution in [2.45, 2.75) is 6.42 Å². The second kappa shape index (κ2) is 6.45. The molecule has 130 valence electrons. The van der Waals surface area contributed by atoms with E-state index in [0.29, 0.717) is 4.31 Å². The van der Waals surface area contributed by atoms with Crippen LogP contribution >= 0.6 is 11.6 Å². The van der Waals surface area contributed by atoms with Crippen LogP contribution in [0.3, 0.4) is 0 Å². The quantitative estimate of drug-likeness (QED) is 0.884. The van der Waals surface area contributed by atoms with Crippen molar-refractivity contribution in [1.29, 1.82) is 0 Å². The van der Waals surface area contributed by atoms with Crippen LogP contribution < -0.4 is 9.62 Å². The maximum absolute atomic E-state index is 13.2. The Balaban J connectivity index is 1.94. The second-order valence-corrected chi connectivity index (χ2v) is 7.70. The molecule has 0 unspecified atom stereocenters. The smallest absolute Gasteiger partial charge is 0.257 e. The minimum absolute atomic E-state index is 0.0293. The Morgan fingerprint density at radius 2 is 1.96 bits per heavy atom. The van der Waals surface area contributed by atoms with Gasteiger partial charge in [-0.25, -0.2) is 17.1 Å². The number of hydrogen-bond acceptors (Lipinski definition) is 4. The van der Waals surface area contributed by atoms with Crippen molar-refractivity contribution in [3.05, 3.63) is 58.9 Å². The van der Waals surface area contributed by atoms with E-state index in [4.69, 9.17) is 11.6 Å². The van der Waals surface area contributed by atoms with Gasteiger partial charge in [0.1, 0.15) is 5.82 Å². The van der Waals surface area contributed by atoms with Crippen molar-refractivity contribution >= 4 is 44.8 Å². The third kappa shape index (κ3) is 3.49. The van der Waals surface area contributed by atoms with Crippen molar-refractivity contribution in [3.63, 3.8) is 0 Å². The third-order valence-corrected chi connectivity index (χ3v) is 5.61. The highest BCUT2D eigenvalue weighted by atomic mass is 35.5. The summed E-state index contributed by atoms with van der Waals surface area (Å²) in [6.07, 6.45) is -0.115. The summed E-state index contributed by atoms with van der Waals surface area (Å²) in [5.41, 5.74) is 0.228. The van der Waals surface area contributed by atoms with Crippen LogP contribution in [0.5, 0.6) is 0 Å². The Morgan fingerprint density at radius 1 is 1.20 bits per heavy atom. The fraction of sp³-hybridized carbons (Fsp3) is 0.125. The molecule has 9 heteroatoms. The maximum atomic E-state index is 13.2. The van der Waals surface area contributed by atoms with Gasteiger partial charge in [-0.3, -0.25) is 9.59 Å². The Bertz CT molecular complexity index is 978. The number of anilines is 2. The molecular weight excluding hydrogens is 371 g/mol. The summed E-state index contributed by atoms with van der Waals surface area (Å²) >= 11 is 6.01. The summed E-state index contributed by atoms with van der Waals surface area (Å²) in [7, 11) is -3.75. The van der Waals surface area contributed by atoms with Crippen LogP contribution in [0, 0.1) is 5.82 Å². The number of carbonyl (C=O) groups is 2. The van der Waals surface area contributed by atoms with Crippen molar-refractivity contribution in [3.8, 4) is 0 Å². The molecule has 2 aromatic carbocycles. The summed E-state index contributed by atoms with van der Waals surface area (Å²) in [4.78, 5) is 24.2. The van der Waals surface area contributed by atoms with Crippen LogP contribution in [0.25, 0.3) is 0 Å². The molecule has 1 heterocycles. The molecule has 0 spiro atoms. The van der Waals surface area contributed by atoms with Gasteiger partial charge in [0.25, 0.3) is 5.91 Å². The van der Waals surface area contributed by atoms with E-state index in [-0.39, 0.29) is 34.1 Å². The minimum atomic E-state index is -3.75. The zero-order valence-electron chi connectivity index (χ0n) is 12.7. The molecule has 0 radical (unpaired) electrons. The lowest BCUT2D eigenvalue weighted by molar-refractivity contribution is -0.116. The van der Waals surface area contributed by atoms with Gasteiger partial charge in [0.05, 0.1) is 22.0 Å². The Kier molecular flexibility index (Phi) is 4.49. The fourth-order valence-electron chi connectivity index (χ4n) is 2.45. The van der Waals surface area contributed by atoms with E-state index in [2.05, 4.69) is 5.32 Å². The Hall–Kier alpha value is -2.45. The third-order valence-electron chi connectivity index (χ3n) is 3.59. The van der Waals surface area contributed by atoms with Gasteiger partial charge in [-0.05, 0) is 36.4 Å². The number of hydrogen-bond donors (Lipinski definition) is 1. The molecule has 0 bridgehead atoms. The molecule has 0 aliphatic carbocycles. The standard InChI is InChI=1S/C16H12ClFN2O4S/c17-14-5-4-12(20-15(21)6-7-25(20,23)24)9-13(14)16(22)19-11-3-1-2-10(18)8-11/h1-5,8-9H,6-7H2,(H,19,22). The Morgan fingerprint density at radius 3 is 2.60 bits per heavy atom. The van der Waals surface area contributed by atoms with Gasteiger partial charge in [0.15, 0.2) is 0 Å². The van der Waals surface area contributed by atoms with E-state index >= 15 is 0 Å². The number of benzene rings is 2. The number of nitrogens with zero attached hydrogens (tertiary/aromatic N) is 1. The van der Waals surface area contributed by atoms with Gasteiger partial charge in [-0.15, -0.1) is 0 Å². The normalized spacial score (nSPS) is 16.1. The number of nitrogens with one attached hydrogen (secondary N) is 1. The zero-order valence-corrected chi connectivity index (χ0v) is 14.3. The van der Waals surface area contributed by atoms with Crippen LogP contribution in [-0.4, -0.2) is 26.0 Å². The van der Waals surface area contributed by atoms with Gasteiger partial charge in [-0.2, -0.15) is 0 Å². The zero-order chi connectivity index (χ0) is 18.2. The van der Waals surface area contributed by atoms with Gasteiger partial charge >= 0.3 is 0 Å². The highest BCUT2D eigenvalue weighted by Crippen LogP contribution is 2.29. The predicted octanol–water partition coefficient (Wildman–Crippen LogP) is 2.80. The average Bonchev–Trinajstić information content (AvgIpc) is 2.81. The largest absolute Gasteiger partial charge is 0.322 e. The van der Waals surface area contributed by atoms with E-state index in [1.165, 1.54) is 36.4 Å². The molecule has 0 aromatic heterocycles. The lowest BCUT2D eigenvalue weighted by atomic mass is 10.1. The molecule has 3 rings (SSSR count). The van der Waals surface area contributed by atoms with Gasteiger partial charge in [0.2, 0.25) is 15.9 Å². The van der Waals surface area contributed by atoms with Crippen molar-refractivity contribution in [2.24, 2.45) is 0 Å². The molecule has 1 aliphatic heterocycles. The molecule has 2 amide bonds. The molecule has 1 fully saturated rings. The van der Waals surface area contributed by atoms with E-state index < -0.39 is 27.7 Å². The fourth-order valence-corrected chi connectivity index (χ4v) is 4.10. The van der Waals surface area contributed by atoms with Crippen LogP contribution in [0.4, 0.5) is 15.8 Å². The topological polar surface area (TPSA) is 83.6 Å². The summed E-state index contributed by atoms with van der Waals surface area (Å²) in [6.45, 7) is 0. The molecule has 1 aliphatic rings. The Labute approximate surface area is 148 Å². The highest BCUT2D eigenvalue weighted by Gasteiger charge is 2.36. The molecule has 1 saturated heterocycles. The minimum Gasteiger partial charge on any atom is -0.322 e. The van der Waals surface area contributed by atoms with Crippen LogP contribution in [0.1, 0.15) is 16.8 Å². The highest BCUT2D eigenvalue weighted by molar-refractivity contribution is 7.94. The maximum Gasteiger partial charge on any atom is 0.257 e. The summed E-state index contributed by atoms with van der Waals surface area (Å²) in [5.74, 6) is -2.02. The van der Waals surface area contributed by atoms with Gasteiger partial charge < -0.3 is 5.32 Å². The molecule has 0 atom stereocenters. The summed E-state index contributed by atoms with van der Waals surface area (Å²) in [5, 5.41) is 2.54. The first-order chi connectivity index (χ1) is 11.8. The van der Waals surface area contributed by atoms with Crippen LogP contribution in [0.15, 0.2) is 42.5 Å². The summed E-state index contributed by atoms with van der Waals surface area (Å²) in [6, 6.07) is 9.18. The lowest BCUT2D eigenvalue weighted by Gasteiger charge is -2.16. The number of carbonyl (C=O) groups excluding carboxylic acids is 2. The van der Waals surface area contributed by atoms with Gasteiger partial charge in [0, 0.05) is 12.1 Å². The number of halogens is 2. The lowest BCUT2D eigenvalue weighted by Crippen LogP contribution is -2.29. The molecule has 1 N–H and O–H groups in total. The van der Waals surface area contributed by atoms with Crippen molar-refractivity contribution in [2.75, 3.05) is 15.4 Å². The first-order valence-corrected chi connectivity index (χ1v) is 9.19. The first kappa shape index (κ1) is 17.4. The van der Waals surface area contributed by atoms with Crippen LogP contribution in [0.2, 0.25) is 5.02 Å². The van der Waals surface area contributed by atoms with Gasteiger partial charge in [-0.1, -0.05) is 17.7 Å². The van der Waals surface area contributed by atoms with E-state index in [0.717, 1.165) is 6.07 Å². The van der Waals surface area contributed by atoms with Crippen molar-refractivity contribution in [1.82, 2.24) is 0 Å². The molecule has 2 aromatic rings. The van der Waals surface area contributed by atoms with E-state index in [1.807, 2.05) is 0 Å². The summed E-state index contributed by atoms with van der Waals surface area (Å²) < 4.78 is 37.9. The number of sulfonamides is 1. The molecular formula is C16H12ClFN2O4S. The van der Waals surface area contributed by atoms with Crippen molar-refractivity contribution < 1.29 is 22.4 Å². The number of rotatable bonds is 3. The first-order valence-electron chi connectivity index (χ1n) is 7.20. The molecule has 25 heavy (non-hydrogen) atoms. The molecule has 0 saturated carbocycles. The van der Waals surface area contributed by atoms with E-state index in [1.54, 1.807) is 0 Å². The predicted molar refractivity (Wildman–Crippen MR) is 91.7 cm³/mol.